The zero-order valence-electron chi connectivity index (χ0n) is 10.6. The van der Waals surface area contributed by atoms with E-state index in [1.54, 1.807) is 37.6 Å². The predicted octanol–water partition coefficient (Wildman–Crippen LogP) is 0.821. The first-order valence-corrected chi connectivity index (χ1v) is 7.31. The van der Waals surface area contributed by atoms with Crippen LogP contribution in [0.25, 0.3) is 0 Å². The van der Waals surface area contributed by atoms with Crippen LogP contribution >= 0.6 is 0 Å². The molecule has 102 valence electrons. The summed E-state index contributed by atoms with van der Waals surface area (Å²) in [6.45, 7) is 2.00. The normalized spacial score (nSPS) is 11.6. The summed E-state index contributed by atoms with van der Waals surface area (Å²) in [5.41, 5.74) is 7.63. The molecule has 0 radical (unpaired) electrons. The van der Waals surface area contributed by atoms with E-state index in [0.29, 0.717) is 24.2 Å². The van der Waals surface area contributed by atoms with E-state index in [9.17, 15) is 8.42 Å². The van der Waals surface area contributed by atoms with Gasteiger partial charge in [-0.05, 0) is 24.6 Å². The van der Waals surface area contributed by atoms with E-state index in [1.165, 1.54) is 0 Å². The number of H-pyrrole nitrogens is 1. The SMILES string of the molecule is Cc1c(N)cccc1S(=O)(=O)NCCc1cnc[nH]1. The molecule has 0 aliphatic carbocycles. The van der Waals surface area contributed by atoms with Crippen LogP contribution in [-0.4, -0.2) is 24.9 Å². The Balaban J connectivity index is 2.08. The maximum Gasteiger partial charge on any atom is 0.240 e. The van der Waals surface area contributed by atoms with Crippen molar-refractivity contribution < 1.29 is 8.42 Å². The monoisotopic (exact) mass is 280 g/mol. The highest BCUT2D eigenvalue weighted by atomic mass is 32.2. The van der Waals surface area contributed by atoms with Crippen LogP contribution in [0.15, 0.2) is 35.6 Å². The van der Waals surface area contributed by atoms with E-state index >= 15 is 0 Å². The van der Waals surface area contributed by atoms with Crippen LogP contribution in [0.2, 0.25) is 0 Å². The second-order valence-corrected chi connectivity index (χ2v) is 5.93. The third-order valence-corrected chi connectivity index (χ3v) is 4.46. The molecule has 0 fully saturated rings. The summed E-state index contributed by atoms with van der Waals surface area (Å²) in [5, 5.41) is 0. The van der Waals surface area contributed by atoms with Crippen LogP contribution < -0.4 is 10.5 Å². The maximum atomic E-state index is 12.1. The number of nitrogen functional groups attached to an aromatic ring is 1. The first-order chi connectivity index (χ1) is 9.00. The summed E-state index contributed by atoms with van der Waals surface area (Å²) in [6, 6.07) is 4.86. The topological polar surface area (TPSA) is 101 Å². The summed E-state index contributed by atoms with van der Waals surface area (Å²) >= 11 is 0. The van der Waals surface area contributed by atoms with Gasteiger partial charge in [-0.1, -0.05) is 6.07 Å². The standard InChI is InChI=1S/C12H16N4O2S/c1-9-11(13)3-2-4-12(9)19(17,18)16-6-5-10-7-14-8-15-10/h2-4,7-8,16H,5-6,13H2,1H3,(H,14,15). The van der Waals surface area contributed by atoms with Gasteiger partial charge in [0.2, 0.25) is 10.0 Å². The van der Waals surface area contributed by atoms with Gasteiger partial charge in [-0.15, -0.1) is 0 Å². The van der Waals surface area contributed by atoms with Crippen molar-refractivity contribution in [2.24, 2.45) is 0 Å². The average Bonchev–Trinajstić information content (AvgIpc) is 2.85. The van der Waals surface area contributed by atoms with Crippen molar-refractivity contribution in [2.45, 2.75) is 18.2 Å². The molecular formula is C12H16N4O2S. The van der Waals surface area contributed by atoms with Crippen molar-refractivity contribution in [1.29, 1.82) is 0 Å². The third kappa shape index (κ3) is 3.12. The molecule has 19 heavy (non-hydrogen) atoms. The minimum absolute atomic E-state index is 0.220. The number of rotatable bonds is 5. The van der Waals surface area contributed by atoms with Crippen molar-refractivity contribution in [3.05, 3.63) is 42.0 Å². The van der Waals surface area contributed by atoms with Gasteiger partial charge in [-0.2, -0.15) is 0 Å². The number of hydrogen-bond acceptors (Lipinski definition) is 4. The lowest BCUT2D eigenvalue weighted by molar-refractivity contribution is 0.581. The summed E-state index contributed by atoms with van der Waals surface area (Å²) in [7, 11) is -3.53. The van der Waals surface area contributed by atoms with Crippen LogP contribution in [0.4, 0.5) is 5.69 Å². The van der Waals surface area contributed by atoms with Crippen LogP contribution in [0, 0.1) is 6.92 Å². The summed E-state index contributed by atoms with van der Waals surface area (Å²) in [6.07, 6.45) is 3.78. The van der Waals surface area contributed by atoms with Crippen LogP contribution in [0.5, 0.6) is 0 Å². The number of anilines is 1. The molecule has 0 saturated heterocycles. The Hall–Kier alpha value is -1.86. The minimum atomic E-state index is -3.53. The largest absolute Gasteiger partial charge is 0.398 e. The number of benzene rings is 1. The Morgan fingerprint density at radius 3 is 2.89 bits per heavy atom. The molecule has 0 saturated carbocycles. The number of nitrogens with two attached hydrogens (primary N) is 1. The van der Waals surface area contributed by atoms with Crippen molar-refractivity contribution in [1.82, 2.24) is 14.7 Å². The fraction of sp³-hybridized carbons (Fsp3) is 0.250. The van der Waals surface area contributed by atoms with Gasteiger partial charge in [0.05, 0.1) is 11.2 Å². The molecule has 2 rings (SSSR count). The van der Waals surface area contributed by atoms with E-state index in [0.717, 1.165) is 5.69 Å². The predicted molar refractivity (Wildman–Crippen MR) is 73.1 cm³/mol. The van der Waals surface area contributed by atoms with Crippen molar-refractivity contribution >= 4 is 15.7 Å². The number of aromatic amines is 1. The molecule has 1 aromatic heterocycles. The smallest absolute Gasteiger partial charge is 0.240 e. The van der Waals surface area contributed by atoms with Crippen LogP contribution in [-0.2, 0) is 16.4 Å². The molecule has 2 aromatic rings. The molecule has 1 aromatic carbocycles. The van der Waals surface area contributed by atoms with Crippen molar-refractivity contribution in [3.8, 4) is 0 Å². The number of sulfonamides is 1. The Morgan fingerprint density at radius 1 is 1.42 bits per heavy atom. The Morgan fingerprint density at radius 2 is 2.21 bits per heavy atom. The van der Waals surface area contributed by atoms with Crippen LogP contribution in [0.1, 0.15) is 11.3 Å². The van der Waals surface area contributed by atoms with Gasteiger partial charge in [0, 0.05) is 30.5 Å². The van der Waals surface area contributed by atoms with Crippen molar-refractivity contribution in [3.63, 3.8) is 0 Å². The van der Waals surface area contributed by atoms with Gasteiger partial charge >= 0.3 is 0 Å². The molecule has 0 unspecified atom stereocenters. The first-order valence-electron chi connectivity index (χ1n) is 5.83. The molecule has 1 heterocycles. The highest BCUT2D eigenvalue weighted by Gasteiger charge is 2.17. The highest BCUT2D eigenvalue weighted by molar-refractivity contribution is 7.89. The fourth-order valence-corrected chi connectivity index (χ4v) is 3.05. The Bertz CT molecular complexity index is 650. The number of nitrogens with zero attached hydrogens (tertiary/aromatic N) is 1. The summed E-state index contributed by atoms with van der Waals surface area (Å²) in [4.78, 5) is 7.01. The molecular weight excluding hydrogens is 264 g/mol. The minimum Gasteiger partial charge on any atom is -0.398 e. The van der Waals surface area contributed by atoms with E-state index in [1.807, 2.05) is 0 Å². The number of aromatic nitrogens is 2. The lowest BCUT2D eigenvalue weighted by atomic mass is 10.2. The van der Waals surface area contributed by atoms with Gasteiger partial charge in [0.25, 0.3) is 0 Å². The molecule has 0 amide bonds. The summed E-state index contributed by atoms with van der Waals surface area (Å²) < 4.78 is 26.8. The number of hydrogen-bond donors (Lipinski definition) is 3. The molecule has 0 atom stereocenters. The first kappa shape index (κ1) is 13.6. The fourth-order valence-electron chi connectivity index (χ4n) is 1.74. The second kappa shape index (κ2) is 5.41. The lowest BCUT2D eigenvalue weighted by Gasteiger charge is -2.10. The van der Waals surface area contributed by atoms with Gasteiger partial charge in [0.15, 0.2) is 0 Å². The number of nitrogens with one attached hydrogen (secondary N) is 2. The molecule has 0 spiro atoms. The quantitative estimate of drug-likeness (QED) is 0.706. The van der Waals surface area contributed by atoms with Crippen LogP contribution in [0.3, 0.4) is 0 Å². The molecule has 6 nitrogen and oxygen atoms in total. The van der Waals surface area contributed by atoms with Gasteiger partial charge in [0.1, 0.15) is 0 Å². The molecule has 7 heteroatoms. The van der Waals surface area contributed by atoms with Crippen molar-refractivity contribution in [2.75, 3.05) is 12.3 Å². The lowest BCUT2D eigenvalue weighted by Crippen LogP contribution is -2.26. The number of imidazole rings is 1. The molecule has 0 aliphatic heterocycles. The van der Waals surface area contributed by atoms with E-state index in [-0.39, 0.29) is 4.90 Å². The van der Waals surface area contributed by atoms with E-state index in [4.69, 9.17) is 5.73 Å². The van der Waals surface area contributed by atoms with Gasteiger partial charge < -0.3 is 10.7 Å². The van der Waals surface area contributed by atoms with Gasteiger partial charge in [-0.25, -0.2) is 18.1 Å². The van der Waals surface area contributed by atoms with E-state index in [2.05, 4.69) is 14.7 Å². The Labute approximate surface area is 112 Å². The van der Waals surface area contributed by atoms with Gasteiger partial charge in [-0.3, -0.25) is 0 Å². The molecule has 0 bridgehead atoms. The molecule has 4 N–H and O–H groups in total. The maximum absolute atomic E-state index is 12.1. The van der Waals surface area contributed by atoms with E-state index < -0.39 is 10.0 Å². The zero-order valence-corrected chi connectivity index (χ0v) is 11.4. The molecule has 0 aliphatic rings. The zero-order chi connectivity index (χ0) is 13.9. The second-order valence-electron chi connectivity index (χ2n) is 4.19. The summed E-state index contributed by atoms with van der Waals surface area (Å²) in [5.74, 6) is 0. The third-order valence-electron chi connectivity index (χ3n) is 2.86. The average molecular weight is 280 g/mol. The highest BCUT2D eigenvalue weighted by Crippen LogP contribution is 2.19. The Kier molecular flexibility index (Phi) is 3.87.